The number of carbonyl (C=O) groups excluding carboxylic acids is 2. The minimum Gasteiger partial charge on any atom is -0.485 e. The summed E-state index contributed by atoms with van der Waals surface area (Å²) in [6, 6.07) is 7.37. The zero-order valence-corrected chi connectivity index (χ0v) is 18.0. The maximum atomic E-state index is 13.1. The van der Waals surface area contributed by atoms with Crippen molar-refractivity contribution in [1.29, 1.82) is 0 Å². The van der Waals surface area contributed by atoms with E-state index in [1.807, 2.05) is 47.9 Å². The molecule has 2 aromatic rings. The van der Waals surface area contributed by atoms with Crippen LogP contribution in [-0.4, -0.2) is 45.7 Å². The summed E-state index contributed by atoms with van der Waals surface area (Å²) < 4.78 is 8.26. The van der Waals surface area contributed by atoms with E-state index >= 15 is 0 Å². The van der Waals surface area contributed by atoms with Crippen molar-refractivity contribution in [1.82, 2.24) is 20.0 Å². The second-order valence-electron chi connectivity index (χ2n) is 8.53. The van der Waals surface area contributed by atoms with Crippen LogP contribution in [-0.2, 0) is 17.9 Å². The molecule has 2 aliphatic rings. The summed E-state index contributed by atoms with van der Waals surface area (Å²) in [7, 11) is 1.87. The van der Waals surface area contributed by atoms with Gasteiger partial charge < -0.3 is 15.0 Å². The van der Waals surface area contributed by atoms with Crippen LogP contribution in [0.1, 0.15) is 54.2 Å². The van der Waals surface area contributed by atoms with Crippen LogP contribution in [0, 0.1) is 12.8 Å². The van der Waals surface area contributed by atoms with Gasteiger partial charge in [-0.25, -0.2) is 0 Å². The van der Waals surface area contributed by atoms with Crippen molar-refractivity contribution in [2.24, 2.45) is 5.92 Å². The monoisotopic (exact) mass is 410 g/mol. The first kappa shape index (κ1) is 20.4. The Balaban J connectivity index is 1.39. The molecule has 7 heteroatoms. The zero-order chi connectivity index (χ0) is 21.3. The highest BCUT2D eigenvalue weighted by atomic mass is 16.5. The summed E-state index contributed by atoms with van der Waals surface area (Å²) >= 11 is 0. The van der Waals surface area contributed by atoms with Gasteiger partial charge in [0.1, 0.15) is 11.4 Å². The first-order chi connectivity index (χ1) is 14.4. The number of rotatable bonds is 4. The van der Waals surface area contributed by atoms with Gasteiger partial charge in [0.25, 0.3) is 5.91 Å². The van der Waals surface area contributed by atoms with Crippen molar-refractivity contribution in [2.75, 3.05) is 13.6 Å². The van der Waals surface area contributed by atoms with Gasteiger partial charge in [-0.2, -0.15) is 5.10 Å². The minimum atomic E-state index is -0.434. The lowest BCUT2D eigenvalue weighted by molar-refractivity contribution is -0.137. The van der Waals surface area contributed by atoms with E-state index in [-0.39, 0.29) is 17.7 Å². The van der Waals surface area contributed by atoms with E-state index in [4.69, 9.17) is 4.74 Å². The number of ether oxygens (including phenoxy) is 1. The van der Waals surface area contributed by atoms with Crippen LogP contribution >= 0.6 is 0 Å². The van der Waals surface area contributed by atoms with Crippen LogP contribution in [0.5, 0.6) is 5.75 Å². The summed E-state index contributed by atoms with van der Waals surface area (Å²) in [5.74, 6) is 0.702. The third kappa shape index (κ3) is 3.93. The summed E-state index contributed by atoms with van der Waals surface area (Å²) in [6.07, 6.45) is 5.04. The number of aryl methyl sites for hydroxylation is 2. The van der Waals surface area contributed by atoms with Gasteiger partial charge in [0.05, 0.1) is 17.8 Å². The van der Waals surface area contributed by atoms with Gasteiger partial charge in [0, 0.05) is 37.8 Å². The highest BCUT2D eigenvalue weighted by Crippen LogP contribution is 2.38. The minimum absolute atomic E-state index is 0.0139. The van der Waals surface area contributed by atoms with Crippen molar-refractivity contribution in [3.8, 4) is 5.75 Å². The fourth-order valence-corrected chi connectivity index (χ4v) is 4.54. The molecule has 1 aliphatic heterocycles. The fraction of sp³-hybridized carbons (Fsp3) is 0.522. The average Bonchev–Trinajstić information content (AvgIpc) is 3.05. The van der Waals surface area contributed by atoms with Crippen molar-refractivity contribution in [3.63, 3.8) is 0 Å². The molecule has 1 saturated carbocycles. The van der Waals surface area contributed by atoms with Gasteiger partial charge in [0.15, 0.2) is 0 Å². The first-order valence-corrected chi connectivity index (χ1v) is 10.7. The average molecular weight is 411 g/mol. The molecule has 2 amide bonds. The number of carbonyl (C=O) groups is 2. The molecular weight excluding hydrogens is 380 g/mol. The predicted molar refractivity (Wildman–Crippen MR) is 113 cm³/mol. The quantitative estimate of drug-likeness (QED) is 0.841. The number of fused-ring (bicyclic) bond motifs is 1. The van der Waals surface area contributed by atoms with E-state index in [2.05, 4.69) is 17.3 Å². The third-order valence-corrected chi connectivity index (χ3v) is 6.43. The summed E-state index contributed by atoms with van der Waals surface area (Å²) in [5, 5.41) is 7.48. The van der Waals surface area contributed by atoms with Crippen molar-refractivity contribution in [3.05, 3.63) is 47.3 Å². The second-order valence-corrected chi connectivity index (χ2v) is 8.53. The number of benzene rings is 1. The third-order valence-electron chi connectivity index (χ3n) is 6.43. The lowest BCUT2D eigenvalue weighted by Gasteiger charge is -2.39. The Labute approximate surface area is 177 Å². The number of hydrogen-bond donors (Lipinski definition) is 1. The molecule has 0 radical (unpaired) electrons. The van der Waals surface area contributed by atoms with E-state index in [1.165, 1.54) is 0 Å². The Morgan fingerprint density at radius 2 is 2.07 bits per heavy atom. The summed E-state index contributed by atoms with van der Waals surface area (Å²) in [6.45, 7) is 5.92. The smallest absolute Gasteiger partial charge is 0.255 e. The highest BCUT2D eigenvalue weighted by Gasteiger charge is 2.42. The van der Waals surface area contributed by atoms with Crippen LogP contribution in [0.3, 0.4) is 0 Å². The standard InChI is InChI=1S/C23H30N4O3/c1-4-27-14-18(16(2)25-27)13-26(3)22(29)17-9-11-23(12-10-17)15-24-21(28)19-7-5-6-8-20(19)30-23/h5-8,14,17H,4,9-13,15H2,1-3H3,(H,24,28). The Bertz CT molecular complexity index is 944. The van der Waals surface area contributed by atoms with E-state index < -0.39 is 5.60 Å². The van der Waals surface area contributed by atoms with Gasteiger partial charge in [-0.3, -0.25) is 14.3 Å². The molecule has 1 N–H and O–H groups in total. The van der Waals surface area contributed by atoms with E-state index in [0.29, 0.717) is 24.4 Å². The number of aromatic nitrogens is 2. The van der Waals surface area contributed by atoms with Crippen LogP contribution in [0.25, 0.3) is 0 Å². The van der Waals surface area contributed by atoms with Gasteiger partial charge in [-0.1, -0.05) is 12.1 Å². The topological polar surface area (TPSA) is 76.5 Å². The molecule has 7 nitrogen and oxygen atoms in total. The number of nitrogens with one attached hydrogen (secondary N) is 1. The molecule has 0 atom stereocenters. The van der Waals surface area contributed by atoms with Crippen molar-refractivity contribution >= 4 is 11.8 Å². The maximum Gasteiger partial charge on any atom is 0.255 e. The van der Waals surface area contributed by atoms with E-state index in [1.54, 1.807) is 6.07 Å². The first-order valence-electron chi connectivity index (χ1n) is 10.7. The molecule has 160 valence electrons. The number of para-hydroxylation sites is 1. The van der Waals surface area contributed by atoms with E-state index in [9.17, 15) is 9.59 Å². The molecule has 1 aromatic carbocycles. The fourth-order valence-electron chi connectivity index (χ4n) is 4.54. The second kappa shape index (κ2) is 8.13. The van der Waals surface area contributed by atoms with Crippen LogP contribution in [0.4, 0.5) is 0 Å². The Hall–Kier alpha value is -2.83. The van der Waals surface area contributed by atoms with Gasteiger partial charge in [0.2, 0.25) is 5.91 Å². The van der Waals surface area contributed by atoms with Crippen molar-refractivity contribution in [2.45, 2.75) is 58.2 Å². The van der Waals surface area contributed by atoms with E-state index in [0.717, 1.165) is 43.5 Å². The van der Waals surface area contributed by atoms with Gasteiger partial charge in [-0.05, 0) is 51.7 Å². The molecule has 0 unspecified atom stereocenters. The molecule has 0 bridgehead atoms. The van der Waals surface area contributed by atoms with Gasteiger partial charge >= 0.3 is 0 Å². The molecule has 0 saturated heterocycles. The normalized spacial score (nSPS) is 23.3. The van der Waals surface area contributed by atoms with Gasteiger partial charge in [-0.15, -0.1) is 0 Å². The maximum absolute atomic E-state index is 13.1. The molecule has 1 aromatic heterocycles. The molecule has 2 heterocycles. The lowest BCUT2D eigenvalue weighted by atomic mass is 9.78. The molecule has 4 rings (SSSR count). The predicted octanol–water partition coefficient (Wildman–Crippen LogP) is 2.92. The number of amides is 2. The molecule has 30 heavy (non-hydrogen) atoms. The Morgan fingerprint density at radius 3 is 2.77 bits per heavy atom. The van der Waals surface area contributed by atoms with Crippen LogP contribution in [0.15, 0.2) is 30.5 Å². The van der Waals surface area contributed by atoms with Crippen LogP contribution in [0.2, 0.25) is 0 Å². The Kier molecular flexibility index (Phi) is 5.54. The summed E-state index contributed by atoms with van der Waals surface area (Å²) in [5.41, 5.74) is 2.21. The lowest BCUT2D eigenvalue weighted by Crippen LogP contribution is -2.49. The molecular formula is C23H30N4O3. The van der Waals surface area contributed by atoms with Crippen molar-refractivity contribution < 1.29 is 14.3 Å². The largest absolute Gasteiger partial charge is 0.485 e. The number of nitrogens with zero attached hydrogens (tertiary/aromatic N) is 3. The zero-order valence-electron chi connectivity index (χ0n) is 18.0. The molecule has 1 fully saturated rings. The SMILES string of the molecule is CCn1cc(CN(C)C(=O)C2CCC3(CC2)CNC(=O)c2ccccc2O3)c(C)n1. The highest BCUT2D eigenvalue weighted by molar-refractivity contribution is 5.97. The number of hydrogen-bond acceptors (Lipinski definition) is 4. The molecule has 1 aliphatic carbocycles. The molecule has 1 spiro atoms. The Morgan fingerprint density at radius 1 is 1.33 bits per heavy atom. The summed E-state index contributed by atoms with van der Waals surface area (Å²) in [4.78, 5) is 27.2. The van der Waals surface area contributed by atoms with Crippen LogP contribution < -0.4 is 10.1 Å².